The molecule has 7 heteroatoms. The summed E-state index contributed by atoms with van der Waals surface area (Å²) in [5.74, 6) is 1.29. The first kappa shape index (κ1) is 16.7. The lowest BCUT2D eigenvalue weighted by Gasteiger charge is -2.35. The molecule has 1 aliphatic heterocycles. The van der Waals surface area contributed by atoms with Crippen molar-refractivity contribution in [2.24, 2.45) is 0 Å². The molecule has 0 saturated carbocycles. The maximum absolute atomic E-state index is 5.77. The molecule has 2 aromatic heterocycles. The van der Waals surface area contributed by atoms with E-state index in [2.05, 4.69) is 49.6 Å². The van der Waals surface area contributed by atoms with Crippen LogP contribution in [0.4, 0.5) is 11.8 Å². The summed E-state index contributed by atoms with van der Waals surface area (Å²) >= 11 is 0. The fourth-order valence-electron chi connectivity index (χ4n) is 3.17. The van der Waals surface area contributed by atoms with Crippen molar-refractivity contribution in [1.82, 2.24) is 24.6 Å². The molecule has 0 aromatic carbocycles. The number of nitrogen functional groups attached to an aromatic ring is 1. The highest BCUT2D eigenvalue weighted by atomic mass is 15.3. The Morgan fingerprint density at radius 3 is 2.54 bits per heavy atom. The molecule has 0 atom stereocenters. The first-order valence-corrected chi connectivity index (χ1v) is 8.66. The average molecular weight is 329 g/mol. The molecule has 0 spiro atoms. The number of rotatable bonds is 5. The lowest BCUT2D eigenvalue weighted by Crippen LogP contribution is -2.46. The molecule has 2 aromatic rings. The van der Waals surface area contributed by atoms with Gasteiger partial charge in [0.05, 0.1) is 5.69 Å². The molecule has 130 valence electrons. The van der Waals surface area contributed by atoms with Crippen LogP contribution in [0.25, 0.3) is 0 Å². The zero-order valence-electron chi connectivity index (χ0n) is 14.9. The molecule has 2 N–H and O–H groups in total. The van der Waals surface area contributed by atoms with Crippen LogP contribution in [-0.4, -0.2) is 50.8 Å². The van der Waals surface area contributed by atoms with E-state index in [-0.39, 0.29) is 0 Å². The predicted molar refractivity (Wildman–Crippen MR) is 95.9 cm³/mol. The quantitative estimate of drug-likeness (QED) is 0.898. The lowest BCUT2D eigenvalue weighted by atomic mass is 10.2. The first-order chi connectivity index (χ1) is 11.5. The summed E-state index contributed by atoms with van der Waals surface area (Å²) in [6.45, 7) is 12.1. The van der Waals surface area contributed by atoms with Crippen molar-refractivity contribution in [3.63, 3.8) is 0 Å². The summed E-state index contributed by atoms with van der Waals surface area (Å²) in [5.41, 5.74) is 9.16. The second-order valence-electron chi connectivity index (χ2n) is 6.49. The van der Waals surface area contributed by atoms with Gasteiger partial charge in [0, 0.05) is 62.8 Å². The summed E-state index contributed by atoms with van der Waals surface area (Å²) in [5, 5.41) is 4.60. The molecule has 0 unspecified atom stereocenters. The Morgan fingerprint density at radius 2 is 1.88 bits per heavy atom. The van der Waals surface area contributed by atoms with Gasteiger partial charge in [-0.25, -0.2) is 4.98 Å². The van der Waals surface area contributed by atoms with E-state index in [1.165, 1.54) is 5.56 Å². The summed E-state index contributed by atoms with van der Waals surface area (Å²) < 4.78 is 2.06. The molecular weight excluding hydrogens is 302 g/mol. The van der Waals surface area contributed by atoms with Gasteiger partial charge in [0.1, 0.15) is 5.82 Å². The van der Waals surface area contributed by atoms with Gasteiger partial charge in [0.2, 0.25) is 5.95 Å². The van der Waals surface area contributed by atoms with Crippen molar-refractivity contribution in [2.45, 2.75) is 40.3 Å². The zero-order valence-corrected chi connectivity index (χ0v) is 14.9. The summed E-state index contributed by atoms with van der Waals surface area (Å²) in [4.78, 5) is 13.3. The molecule has 0 radical (unpaired) electrons. The minimum atomic E-state index is 0.353. The zero-order chi connectivity index (χ0) is 17.1. The topological polar surface area (TPSA) is 76.1 Å². The molecule has 3 heterocycles. The number of hydrogen-bond donors (Lipinski definition) is 1. The van der Waals surface area contributed by atoms with Gasteiger partial charge in [-0.3, -0.25) is 9.58 Å². The molecule has 7 nitrogen and oxygen atoms in total. The van der Waals surface area contributed by atoms with E-state index >= 15 is 0 Å². The molecule has 1 aliphatic rings. The third-order valence-corrected chi connectivity index (χ3v) is 4.45. The van der Waals surface area contributed by atoms with E-state index in [1.54, 1.807) is 0 Å². The minimum absolute atomic E-state index is 0.353. The smallest absolute Gasteiger partial charge is 0.222 e. The number of aryl methyl sites for hydroxylation is 3. The Bertz CT molecular complexity index is 666. The van der Waals surface area contributed by atoms with Gasteiger partial charge < -0.3 is 10.6 Å². The minimum Gasteiger partial charge on any atom is -0.368 e. The van der Waals surface area contributed by atoms with E-state index in [4.69, 9.17) is 5.73 Å². The Labute approximate surface area is 143 Å². The summed E-state index contributed by atoms with van der Waals surface area (Å²) in [7, 11) is 0. The van der Waals surface area contributed by atoms with Crippen LogP contribution in [0.15, 0.2) is 12.3 Å². The Hall–Kier alpha value is -2.15. The molecule has 0 bridgehead atoms. The maximum Gasteiger partial charge on any atom is 0.222 e. The second-order valence-corrected chi connectivity index (χ2v) is 6.49. The molecule has 3 rings (SSSR count). The fourth-order valence-corrected chi connectivity index (χ4v) is 3.17. The van der Waals surface area contributed by atoms with Gasteiger partial charge in [-0.2, -0.15) is 10.1 Å². The van der Waals surface area contributed by atoms with Crippen molar-refractivity contribution in [3.05, 3.63) is 29.2 Å². The number of hydrogen-bond acceptors (Lipinski definition) is 6. The van der Waals surface area contributed by atoms with Crippen LogP contribution < -0.4 is 10.6 Å². The van der Waals surface area contributed by atoms with E-state index in [0.717, 1.165) is 62.9 Å². The van der Waals surface area contributed by atoms with E-state index in [9.17, 15) is 0 Å². The van der Waals surface area contributed by atoms with Gasteiger partial charge in [0.25, 0.3) is 0 Å². The normalized spacial score (nSPS) is 15.9. The van der Waals surface area contributed by atoms with Crippen LogP contribution in [0, 0.1) is 13.8 Å². The molecule has 0 aliphatic carbocycles. The van der Waals surface area contributed by atoms with Crippen LogP contribution in [0.2, 0.25) is 0 Å². The molecular formula is C17H27N7. The highest BCUT2D eigenvalue weighted by molar-refractivity contribution is 5.43. The monoisotopic (exact) mass is 329 g/mol. The van der Waals surface area contributed by atoms with Crippen molar-refractivity contribution in [2.75, 3.05) is 36.8 Å². The van der Waals surface area contributed by atoms with Crippen LogP contribution in [0.3, 0.4) is 0 Å². The summed E-state index contributed by atoms with van der Waals surface area (Å²) in [6, 6.07) is 2.00. The lowest BCUT2D eigenvalue weighted by molar-refractivity contribution is 0.249. The van der Waals surface area contributed by atoms with Crippen LogP contribution in [0.5, 0.6) is 0 Å². The van der Waals surface area contributed by atoms with E-state index < -0.39 is 0 Å². The van der Waals surface area contributed by atoms with Gasteiger partial charge in [-0.15, -0.1) is 0 Å². The van der Waals surface area contributed by atoms with E-state index in [0.29, 0.717) is 5.95 Å². The molecule has 0 amide bonds. The van der Waals surface area contributed by atoms with Crippen LogP contribution >= 0.6 is 0 Å². The first-order valence-electron chi connectivity index (χ1n) is 8.66. The number of anilines is 2. The highest BCUT2D eigenvalue weighted by Crippen LogP contribution is 2.17. The second kappa shape index (κ2) is 7.17. The third kappa shape index (κ3) is 3.84. The third-order valence-electron chi connectivity index (χ3n) is 4.45. The van der Waals surface area contributed by atoms with Crippen LogP contribution in [-0.2, 0) is 13.1 Å². The van der Waals surface area contributed by atoms with Crippen molar-refractivity contribution < 1.29 is 0 Å². The van der Waals surface area contributed by atoms with Gasteiger partial charge in [-0.05, 0) is 20.3 Å². The number of piperazine rings is 1. The number of aromatic nitrogens is 4. The predicted octanol–water partition coefficient (Wildman–Crippen LogP) is 1.60. The molecule has 1 saturated heterocycles. The van der Waals surface area contributed by atoms with Crippen molar-refractivity contribution in [3.8, 4) is 0 Å². The Balaban J connectivity index is 1.59. The largest absolute Gasteiger partial charge is 0.368 e. The Morgan fingerprint density at radius 1 is 1.12 bits per heavy atom. The highest BCUT2D eigenvalue weighted by Gasteiger charge is 2.20. The molecule has 24 heavy (non-hydrogen) atoms. The maximum atomic E-state index is 5.77. The standard InChI is InChI=1S/C17H27N7/c1-4-5-24-12-15(14(3)21-24)11-22-6-8-23(9-7-22)16-10-13(2)19-17(18)20-16/h10,12H,4-9,11H2,1-3H3,(H2,18,19,20). The van der Waals surface area contributed by atoms with Gasteiger partial charge >= 0.3 is 0 Å². The van der Waals surface area contributed by atoms with Gasteiger partial charge in [-0.1, -0.05) is 6.92 Å². The van der Waals surface area contributed by atoms with Gasteiger partial charge in [0.15, 0.2) is 0 Å². The van der Waals surface area contributed by atoms with Crippen molar-refractivity contribution >= 4 is 11.8 Å². The summed E-state index contributed by atoms with van der Waals surface area (Å²) in [6.07, 6.45) is 3.31. The SMILES string of the molecule is CCCn1cc(CN2CCN(c3cc(C)nc(N)n3)CC2)c(C)n1. The number of nitrogens with two attached hydrogens (primary N) is 1. The van der Waals surface area contributed by atoms with Crippen molar-refractivity contribution in [1.29, 1.82) is 0 Å². The number of nitrogens with zero attached hydrogens (tertiary/aromatic N) is 6. The fraction of sp³-hybridized carbons (Fsp3) is 0.588. The average Bonchev–Trinajstić information content (AvgIpc) is 2.87. The Kier molecular flexibility index (Phi) is 4.99. The molecule has 1 fully saturated rings. The van der Waals surface area contributed by atoms with Crippen LogP contribution in [0.1, 0.15) is 30.3 Å². The van der Waals surface area contributed by atoms with E-state index in [1.807, 2.05) is 13.0 Å².